The van der Waals surface area contributed by atoms with Crippen molar-refractivity contribution in [2.45, 2.75) is 78.2 Å². The van der Waals surface area contributed by atoms with Gasteiger partial charge in [0.25, 0.3) is 0 Å². The third-order valence-corrected chi connectivity index (χ3v) is 7.57. The minimum atomic E-state index is -0.0390. The number of carbonyl (C=O) groups excluding carboxylic acids is 1. The number of carbonyl (C=O) groups is 1. The van der Waals surface area contributed by atoms with Gasteiger partial charge in [-0.1, -0.05) is 13.8 Å². The Morgan fingerprint density at radius 1 is 1.12 bits per heavy atom. The van der Waals surface area contributed by atoms with Crippen LogP contribution in [0, 0.1) is 28.1 Å². The Hall–Kier alpha value is -0.280. The maximum atomic E-state index is 13.6. The molecule has 0 aromatic carbocycles. The summed E-state index contributed by atoms with van der Waals surface area (Å²) < 4.78 is 0. The fraction of sp³-hybridized carbons (Fsp3) is 0.950. The number of hydrogen-bond acceptors (Lipinski definition) is 2. The van der Waals surface area contributed by atoms with Crippen LogP contribution in [0.25, 0.3) is 0 Å². The molecule has 5 rings (SSSR count). The highest BCUT2D eigenvalue weighted by atomic mass is 35.5. The molecule has 4 aliphatic carbocycles. The molecule has 0 radical (unpaired) electrons. The Balaban J connectivity index is 0.00000169. The second kappa shape index (κ2) is 5.87. The average Bonchev–Trinajstić information content (AvgIpc) is 2.42. The topological polar surface area (TPSA) is 46.3 Å². The van der Waals surface area contributed by atoms with Crippen molar-refractivity contribution in [1.29, 1.82) is 0 Å². The van der Waals surface area contributed by atoms with Crippen LogP contribution in [0.1, 0.15) is 72.1 Å². The summed E-state index contributed by atoms with van der Waals surface area (Å²) in [5, 5.41) is 0. The third-order valence-electron chi connectivity index (χ3n) is 7.57. The van der Waals surface area contributed by atoms with Crippen LogP contribution in [0.5, 0.6) is 0 Å². The van der Waals surface area contributed by atoms with Gasteiger partial charge in [0.1, 0.15) is 0 Å². The molecule has 0 aromatic heterocycles. The van der Waals surface area contributed by atoms with E-state index in [-0.39, 0.29) is 23.9 Å². The minimum absolute atomic E-state index is 0. The Bertz CT molecular complexity index is 502. The minimum Gasteiger partial charge on any atom is -0.342 e. The molecular formula is C20H35ClN2O. The Labute approximate surface area is 153 Å². The molecule has 0 aromatic rings. The van der Waals surface area contributed by atoms with E-state index in [1.807, 2.05) is 0 Å². The van der Waals surface area contributed by atoms with Gasteiger partial charge in [-0.3, -0.25) is 4.79 Å². The number of nitrogens with two attached hydrogens (primary N) is 1. The molecule has 5 fully saturated rings. The van der Waals surface area contributed by atoms with Crippen LogP contribution in [0.15, 0.2) is 0 Å². The molecule has 4 unspecified atom stereocenters. The van der Waals surface area contributed by atoms with Gasteiger partial charge in [0, 0.05) is 19.1 Å². The summed E-state index contributed by atoms with van der Waals surface area (Å²) in [7, 11) is 0. The van der Waals surface area contributed by atoms with Crippen molar-refractivity contribution >= 4 is 18.3 Å². The van der Waals surface area contributed by atoms with Crippen molar-refractivity contribution in [2.75, 3.05) is 13.1 Å². The molecule has 2 N–H and O–H groups in total. The van der Waals surface area contributed by atoms with E-state index < -0.39 is 0 Å². The van der Waals surface area contributed by atoms with Gasteiger partial charge in [0.15, 0.2) is 0 Å². The summed E-state index contributed by atoms with van der Waals surface area (Å²) >= 11 is 0. The molecule has 138 valence electrons. The van der Waals surface area contributed by atoms with E-state index in [4.69, 9.17) is 5.73 Å². The predicted molar refractivity (Wildman–Crippen MR) is 100 cm³/mol. The van der Waals surface area contributed by atoms with Crippen LogP contribution in [0.3, 0.4) is 0 Å². The molecule has 0 spiro atoms. The molecule has 5 aliphatic rings. The summed E-state index contributed by atoms with van der Waals surface area (Å²) in [6.07, 6.45) is 9.83. The number of halogens is 1. The van der Waals surface area contributed by atoms with Gasteiger partial charge in [-0.2, -0.15) is 0 Å². The molecule has 1 saturated heterocycles. The first-order valence-corrected chi connectivity index (χ1v) is 9.78. The fourth-order valence-corrected chi connectivity index (χ4v) is 7.65. The zero-order chi connectivity index (χ0) is 16.5. The van der Waals surface area contributed by atoms with Crippen LogP contribution >= 0.6 is 12.4 Å². The molecule has 4 saturated carbocycles. The molecule has 4 heteroatoms. The maximum absolute atomic E-state index is 13.6. The van der Waals surface area contributed by atoms with Gasteiger partial charge < -0.3 is 10.6 Å². The molecular weight excluding hydrogens is 320 g/mol. The summed E-state index contributed by atoms with van der Waals surface area (Å²) in [6, 6.07) is 0.206. The summed E-state index contributed by atoms with van der Waals surface area (Å²) in [6.45, 7) is 8.88. The lowest BCUT2D eigenvalue weighted by atomic mass is 9.40. The second-order valence-corrected chi connectivity index (χ2v) is 10.4. The van der Waals surface area contributed by atoms with Crippen molar-refractivity contribution in [3.05, 3.63) is 0 Å². The lowest BCUT2D eigenvalue weighted by Gasteiger charge is -2.65. The first kappa shape index (κ1) is 18.5. The zero-order valence-corrected chi connectivity index (χ0v) is 16.5. The van der Waals surface area contributed by atoms with E-state index in [1.54, 1.807) is 0 Å². The number of hydrogen-bond donors (Lipinski definition) is 1. The van der Waals surface area contributed by atoms with Crippen molar-refractivity contribution in [2.24, 2.45) is 33.8 Å². The quantitative estimate of drug-likeness (QED) is 0.814. The highest BCUT2D eigenvalue weighted by Gasteiger charge is 2.63. The Morgan fingerprint density at radius 2 is 1.75 bits per heavy atom. The van der Waals surface area contributed by atoms with E-state index in [9.17, 15) is 4.79 Å². The van der Waals surface area contributed by atoms with E-state index in [0.717, 1.165) is 44.7 Å². The number of likely N-dealkylation sites (tertiary alicyclic amines) is 1. The van der Waals surface area contributed by atoms with E-state index >= 15 is 0 Å². The summed E-state index contributed by atoms with van der Waals surface area (Å²) in [5.74, 6) is 1.77. The standard InChI is InChI=1S/C20H34N2O.ClH/c1-14(21)16-5-4-6-22(10-16)17(23)20-9-15-7-18(2,12-20)11-19(3,8-15)13-20;/h14-16H,4-13,21H2,1-3H3;1H. The zero-order valence-electron chi connectivity index (χ0n) is 15.6. The summed E-state index contributed by atoms with van der Waals surface area (Å²) in [4.78, 5) is 15.8. The van der Waals surface area contributed by atoms with Gasteiger partial charge in [-0.05, 0) is 81.0 Å². The predicted octanol–water partition coefficient (Wildman–Crippen LogP) is 3.99. The van der Waals surface area contributed by atoms with Crippen molar-refractivity contribution in [1.82, 2.24) is 4.90 Å². The average molecular weight is 355 g/mol. The second-order valence-electron chi connectivity index (χ2n) is 10.4. The van der Waals surface area contributed by atoms with Crippen molar-refractivity contribution in [3.63, 3.8) is 0 Å². The van der Waals surface area contributed by atoms with Crippen LogP contribution in [-0.2, 0) is 4.79 Å². The van der Waals surface area contributed by atoms with Crippen molar-refractivity contribution in [3.8, 4) is 0 Å². The van der Waals surface area contributed by atoms with Crippen molar-refractivity contribution < 1.29 is 4.79 Å². The Kier molecular flexibility index (Phi) is 4.53. The van der Waals surface area contributed by atoms with E-state index in [2.05, 4.69) is 25.7 Å². The lowest BCUT2D eigenvalue weighted by Crippen LogP contribution is -2.61. The van der Waals surface area contributed by atoms with Crippen LogP contribution in [-0.4, -0.2) is 29.9 Å². The van der Waals surface area contributed by atoms with Gasteiger partial charge in [0.05, 0.1) is 5.41 Å². The Morgan fingerprint density at radius 3 is 2.29 bits per heavy atom. The molecule has 24 heavy (non-hydrogen) atoms. The number of amides is 1. The largest absolute Gasteiger partial charge is 0.342 e. The molecule has 1 amide bonds. The maximum Gasteiger partial charge on any atom is 0.228 e. The third kappa shape index (κ3) is 2.90. The normalized spacial score (nSPS) is 48.1. The van der Waals surface area contributed by atoms with E-state index in [0.29, 0.717) is 22.7 Å². The van der Waals surface area contributed by atoms with Crippen LogP contribution in [0.4, 0.5) is 0 Å². The molecule has 1 heterocycles. The van der Waals surface area contributed by atoms with E-state index in [1.165, 1.54) is 25.7 Å². The number of nitrogens with zero attached hydrogens (tertiary/aromatic N) is 1. The first-order chi connectivity index (χ1) is 10.7. The molecule has 3 nitrogen and oxygen atoms in total. The SMILES string of the molecule is CC(N)C1CCCN(C(=O)C23CC4CC(C)(CC(C)(C4)C2)C3)C1.Cl. The highest BCUT2D eigenvalue weighted by Crippen LogP contribution is 2.69. The first-order valence-electron chi connectivity index (χ1n) is 9.78. The summed E-state index contributed by atoms with van der Waals surface area (Å²) in [5.41, 5.74) is 6.93. The molecule has 1 aliphatic heterocycles. The number of rotatable bonds is 2. The van der Waals surface area contributed by atoms with Gasteiger partial charge in [0.2, 0.25) is 5.91 Å². The number of piperidine rings is 1. The smallest absolute Gasteiger partial charge is 0.228 e. The van der Waals surface area contributed by atoms with Gasteiger partial charge in [-0.15, -0.1) is 12.4 Å². The molecule has 4 bridgehead atoms. The molecule has 4 atom stereocenters. The van der Waals surface area contributed by atoms with Crippen LogP contribution in [0.2, 0.25) is 0 Å². The van der Waals surface area contributed by atoms with Gasteiger partial charge >= 0.3 is 0 Å². The fourth-order valence-electron chi connectivity index (χ4n) is 7.65. The monoisotopic (exact) mass is 354 g/mol. The lowest BCUT2D eigenvalue weighted by molar-refractivity contribution is -0.181. The highest BCUT2D eigenvalue weighted by molar-refractivity contribution is 5.85. The van der Waals surface area contributed by atoms with Crippen LogP contribution < -0.4 is 5.73 Å². The van der Waals surface area contributed by atoms with Gasteiger partial charge in [-0.25, -0.2) is 0 Å².